The number of ether oxygens (including phenoxy) is 1. The lowest BCUT2D eigenvalue weighted by atomic mass is 9.82. The highest BCUT2D eigenvalue weighted by Crippen LogP contribution is 2.44. The van der Waals surface area contributed by atoms with Gasteiger partial charge in [-0.05, 0) is 36.8 Å². The van der Waals surface area contributed by atoms with E-state index >= 15 is 0 Å². The molecular weight excluding hydrogens is 359 g/mol. The molecule has 2 aromatic carbocycles. The van der Waals surface area contributed by atoms with Crippen molar-refractivity contribution in [3.05, 3.63) is 65.5 Å². The van der Waals surface area contributed by atoms with Crippen molar-refractivity contribution in [3.63, 3.8) is 0 Å². The van der Waals surface area contributed by atoms with Gasteiger partial charge in [0.2, 0.25) is 5.91 Å². The summed E-state index contributed by atoms with van der Waals surface area (Å²) >= 11 is 0. The van der Waals surface area contributed by atoms with E-state index in [1.807, 2.05) is 31.3 Å². The smallest absolute Gasteiger partial charge is 0.251 e. The molecule has 2 atom stereocenters. The van der Waals surface area contributed by atoms with E-state index in [9.17, 15) is 14.0 Å². The van der Waals surface area contributed by atoms with Gasteiger partial charge >= 0.3 is 0 Å². The molecule has 2 heterocycles. The Morgan fingerprint density at radius 3 is 2.71 bits per heavy atom. The molecule has 28 heavy (non-hydrogen) atoms. The van der Waals surface area contributed by atoms with E-state index in [2.05, 4.69) is 5.32 Å². The number of halogens is 1. The van der Waals surface area contributed by atoms with Gasteiger partial charge < -0.3 is 15.0 Å². The number of benzene rings is 2. The van der Waals surface area contributed by atoms with Gasteiger partial charge in [-0.25, -0.2) is 4.39 Å². The van der Waals surface area contributed by atoms with Crippen LogP contribution in [0.3, 0.4) is 0 Å². The molecule has 1 fully saturated rings. The maximum atomic E-state index is 13.2. The van der Waals surface area contributed by atoms with Crippen LogP contribution in [0, 0.1) is 5.82 Å². The van der Waals surface area contributed by atoms with Crippen molar-refractivity contribution in [1.29, 1.82) is 0 Å². The number of amides is 2. The third-order valence-corrected chi connectivity index (χ3v) is 5.73. The largest absolute Gasteiger partial charge is 0.487 e. The molecule has 0 aromatic heterocycles. The standard InChI is InChI=1S/C22H23FN2O3/c1-25-13-12-22(11-10-20(25)26)14-18(17-4-2-3-5-19(17)28-22)24-21(27)15-6-8-16(23)9-7-15/h2-9,18H,10-14H2,1H3,(H,24,27)/t18-,22-/m0/s1. The lowest BCUT2D eigenvalue weighted by Crippen LogP contribution is -2.45. The molecule has 0 unspecified atom stereocenters. The number of rotatable bonds is 2. The van der Waals surface area contributed by atoms with Gasteiger partial charge in [0.1, 0.15) is 17.2 Å². The Morgan fingerprint density at radius 2 is 1.93 bits per heavy atom. The predicted octanol–water partition coefficient (Wildman–Crippen LogP) is 3.46. The van der Waals surface area contributed by atoms with Gasteiger partial charge in [0.15, 0.2) is 0 Å². The summed E-state index contributed by atoms with van der Waals surface area (Å²) in [7, 11) is 1.81. The highest BCUT2D eigenvalue weighted by Gasteiger charge is 2.43. The number of hydrogen-bond donors (Lipinski definition) is 1. The van der Waals surface area contributed by atoms with Crippen molar-refractivity contribution in [3.8, 4) is 5.75 Å². The Hall–Kier alpha value is -2.89. The Labute approximate surface area is 163 Å². The number of fused-ring (bicyclic) bond motifs is 1. The van der Waals surface area contributed by atoms with Crippen LogP contribution in [0.1, 0.15) is 47.6 Å². The second kappa shape index (κ2) is 7.26. The fourth-order valence-corrected chi connectivity index (χ4v) is 4.04. The van der Waals surface area contributed by atoms with Crippen LogP contribution in [0.5, 0.6) is 5.75 Å². The fourth-order valence-electron chi connectivity index (χ4n) is 4.04. The van der Waals surface area contributed by atoms with E-state index in [1.54, 1.807) is 4.90 Å². The third kappa shape index (κ3) is 3.59. The number of nitrogens with zero attached hydrogens (tertiary/aromatic N) is 1. The number of likely N-dealkylation sites (tertiary alicyclic amines) is 1. The highest BCUT2D eigenvalue weighted by molar-refractivity contribution is 5.94. The summed E-state index contributed by atoms with van der Waals surface area (Å²) < 4.78 is 19.6. The normalized spacial score (nSPS) is 24.3. The zero-order valence-corrected chi connectivity index (χ0v) is 15.8. The average molecular weight is 382 g/mol. The lowest BCUT2D eigenvalue weighted by Gasteiger charge is -2.42. The molecule has 2 aliphatic heterocycles. The topological polar surface area (TPSA) is 58.6 Å². The van der Waals surface area contributed by atoms with Gasteiger partial charge in [-0.3, -0.25) is 9.59 Å². The first kappa shape index (κ1) is 18.5. The molecule has 146 valence electrons. The zero-order valence-electron chi connectivity index (χ0n) is 15.8. The van der Waals surface area contributed by atoms with Crippen LogP contribution in [0.4, 0.5) is 4.39 Å². The van der Waals surface area contributed by atoms with Gasteiger partial charge in [-0.1, -0.05) is 18.2 Å². The van der Waals surface area contributed by atoms with E-state index in [0.717, 1.165) is 11.3 Å². The van der Waals surface area contributed by atoms with Crippen LogP contribution in [0.25, 0.3) is 0 Å². The monoisotopic (exact) mass is 382 g/mol. The van der Waals surface area contributed by atoms with E-state index < -0.39 is 5.60 Å². The fraction of sp³-hybridized carbons (Fsp3) is 0.364. The number of para-hydroxylation sites is 1. The molecule has 0 aliphatic carbocycles. The quantitative estimate of drug-likeness (QED) is 0.865. The van der Waals surface area contributed by atoms with Crippen LogP contribution in [-0.4, -0.2) is 35.9 Å². The van der Waals surface area contributed by atoms with Crippen molar-refractivity contribution in [2.45, 2.75) is 37.3 Å². The minimum absolute atomic E-state index is 0.117. The molecule has 0 bridgehead atoms. The molecule has 1 N–H and O–H groups in total. The van der Waals surface area contributed by atoms with Crippen molar-refractivity contribution in [1.82, 2.24) is 10.2 Å². The summed E-state index contributed by atoms with van der Waals surface area (Å²) in [6, 6.07) is 13.0. The Bertz CT molecular complexity index is 899. The summed E-state index contributed by atoms with van der Waals surface area (Å²) in [5.74, 6) is 0.235. The zero-order chi connectivity index (χ0) is 19.7. The molecule has 2 aliphatic rings. The summed E-state index contributed by atoms with van der Waals surface area (Å²) in [5.41, 5.74) is 0.845. The van der Waals surface area contributed by atoms with Crippen LogP contribution >= 0.6 is 0 Å². The predicted molar refractivity (Wildman–Crippen MR) is 103 cm³/mol. The highest BCUT2D eigenvalue weighted by atomic mass is 19.1. The van der Waals surface area contributed by atoms with Crippen molar-refractivity contribution in [2.24, 2.45) is 0 Å². The SMILES string of the molecule is CN1CC[C@@]2(CCC1=O)C[C@H](NC(=O)c1ccc(F)cc1)c1ccccc1O2. The Balaban J connectivity index is 1.61. The molecule has 2 aromatic rings. The van der Waals surface area contributed by atoms with Gasteiger partial charge in [-0.2, -0.15) is 0 Å². The molecule has 5 nitrogen and oxygen atoms in total. The maximum Gasteiger partial charge on any atom is 0.251 e. The number of hydrogen-bond acceptors (Lipinski definition) is 3. The van der Waals surface area contributed by atoms with Gasteiger partial charge in [0.25, 0.3) is 5.91 Å². The second-order valence-corrected chi connectivity index (χ2v) is 7.63. The Kier molecular flexibility index (Phi) is 4.79. The molecule has 1 spiro atoms. The van der Waals surface area contributed by atoms with E-state index in [-0.39, 0.29) is 23.7 Å². The summed E-state index contributed by atoms with van der Waals surface area (Å²) in [6.07, 6.45) is 2.36. The average Bonchev–Trinajstić information content (AvgIpc) is 2.83. The molecule has 6 heteroatoms. The van der Waals surface area contributed by atoms with Gasteiger partial charge in [-0.15, -0.1) is 0 Å². The molecule has 0 radical (unpaired) electrons. The van der Waals surface area contributed by atoms with Crippen LogP contribution in [-0.2, 0) is 4.79 Å². The molecular formula is C22H23FN2O3. The maximum absolute atomic E-state index is 13.2. The summed E-state index contributed by atoms with van der Waals surface area (Å²) in [6.45, 7) is 0.625. The first-order valence-electron chi connectivity index (χ1n) is 9.54. The molecule has 1 saturated heterocycles. The molecule has 2 amide bonds. The number of carbonyl (C=O) groups excluding carboxylic acids is 2. The number of carbonyl (C=O) groups is 2. The van der Waals surface area contributed by atoms with Crippen molar-refractivity contribution in [2.75, 3.05) is 13.6 Å². The second-order valence-electron chi connectivity index (χ2n) is 7.63. The first-order chi connectivity index (χ1) is 13.5. The minimum atomic E-state index is -0.491. The number of nitrogens with one attached hydrogen (secondary N) is 1. The van der Waals surface area contributed by atoms with Crippen LogP contribution < -0.4 is 10.1 Å². The summed E-state index contributed by atoms with van der Waals surface area (Å²) in [5, 5.41) is 3.09. The van der Waals surface area contributed by atoms with Gasteiger partial charge in [0, 0.05) is 44.0 Å². The lowest BCUT2D eigenvalue weighted by molar-refractivity contribution is -0.129. The van der Waals surface area contributed by atoms with Gasteiger partial charge in [0.05, 0.1) is 6.04 Å². The van der Waals surface area contributed by atoms with Crippen molar-refractivity contribution >= 4 is 11.8 Å². The molecule has 4 rings (SSSR count). The third-order valence-electron chi connectivity index (χ3n) is 5.73. The van der Waals surface area contributed by atoms with E-state index in [0.29, 0.717) is 37.8 Å². The summed E-state index contributed by atoms with van der Waals surface area (Å²) in [4.78, 5) is 26.6. The Morgan fingerprint density at radius 1 is 1.18 bits per heavy atom. The first-order valence-corrected chi connectivity index (χ1v) is 9.54. The van der Waals surface area contributed by atoms with E-state index in [1.165, 1.54) is 24.3 Å². The van der Waals surface area contributed by atoms with Crippen LogP contribution in [0.15, 0.2) is 48.5 Å². The van der Waals surface area contributed by atoms with E-state index in [4.69, 9.17) is 4.74 Å². The molecule has 0 saturated carbocycles. The van der Waals surface area contributed by atoms with Crippen LogP contribution in [0.2, 0.25) is 0 Å². The minimum Gasteiger partial charge on any atom is -0.487 e. The van der Waals surface area contributed by atoms with Crippen molar-refractivity contribution < 1.29 is 18.7 Å².